The predicted octanol–water partition coefficient (Wildman–Crippen LogP) is 2.78. The Bertz CT molecular complexity index is 849. The zero-order valence-corrected chi connectivity index (χ0v) is 15.2. The predicted molar refractivity (Wildman–Crippen MR) is 101 cm³/mol. The maximum Gasteiger partial charge on any atom is 0.338 e. The van der Waals surface area contributed by atoms with Crippen LogP contribution in [0.15, 0.2) is 48.5 Å². The molecule has 0 aromatic heterocycles. The number of carbonyl (C=O) groups excluding carboxylic acids is 3. The molecule has 1 heterocycles. The minimum atomic E-state index is -0.543. The van der Waals surface area contributed by atoms with Crippen molar-refractivity contribution in [3.05, 3.63) is 65.2 Å². The van der Waals surface area contributed by atoms with Crippen molar-refractivity contribution >= 4 is 23.5 Å². The second-order valence-electron chi connectivity index (χ2n) is 6.39. The van der Waals surface area contributed by atoms with Gasteiger partial charge in [-0.3, -0.25) is 9.59 Å². The molecular formula is C21H22N2O4. The average Bonchev–Trinajstić information content (AvgIpc) is 2.70. The summed E-state index contributed by atoms with van der Waals surface area (Å²) < 4.78 is 5.21. The molecule has 140 valence electrons. The molecule has 0 spiro atoms. The van der Waals surface area contributed by atoms with E-state index in [0.29, 0.717) is 31.5 Å². The maximum absolute atomic E-state index is 12.4. The van der Waals surface area contributed by atoms with Gasteiger partial charge in [0.25, 0.3) is 5.91 Å². The Kier molecular flexibility index (Phi) is 5.86. The van der Waals surface area contributed by atoms with Gasteiger partial charge in [0.1, 0.15) is 0 Å². The van der Waals surface area contributed by atoms with Crippen molar-refractivity contribution < 1.29 is 19.1 Å². The Morgan fingerprint density at radius 3 is 2.63 bits per heavy atom. The van der Waals surface area contributed by atoms with E-state index >= 15 is 0 Å². The summed E-state index contributed by atoms with van der Waals surface area (Å²) >= 11 is 0. The number of fused-ring (bicyclic) bond motifs is 1. The highest BCUT2D eigenvalue weighted by molar-refractivity contribution is 5.96. The molecule has 1 N–H and O–H groups in total. The largest absolute Gasteiger partial charge is 0.452 e. The molecule has 0 radical (unpaired) electrons. The molecule has 0 unspecified atom stereocenters. The fraction of sp³-hybridized carbons (Fsp3) is 0.286. The number of benzene rings is 2. The quantitative estimate of drug-likeness (QED) is 0.798. The van der Waals surface area contributed by atoms with Crippen LogP contribution in [0, 0.1) is 0 Å². The third-order valence-electron chi connectivity index (χ3n) is 4.51. The number of carbonyl (C=O) groups is 3. The van der Waals surface area contributed by atoms with Crippen molar-refractivity contribution in [2.45, 2.75) is 26.3 Å². The Morgan fingerprint density at radius 2 is 1.89 bits per heavy atom. The Balaban J connectivity index is 1.58. The molecule has 2 amide bonds. The molecule has 1 aliphatic rings. The molecule has 0 aliphatic carbocycles. The average molecular weight is 366 g/mol. The van der Waals surface area contributed by atoms with E-state index in [1.807, 2.05) is 37.3 Å². The standard InChI is InChI=1S/C21H22N2O4/c1-2-23(13-15-6-4-3-5-7-15)20(25)14-27-21(26)17-8-10-18-16(12-17)9-11-19(24)22-18/h3-8,10,12H,2,9,11,13-14H2,1H3,(H,22,24). The van der Waals surface area contributed by atoms with Gasteiger partial charge < -0.3 is 15.0 Å². The maximum atomic E-state index is 12.4. The monoisotopic (exact) mass is 366 g/mol. The van der Waals surface area contributed by atoms with E-state index in [4.69, 9.17) is 4.74 Å². The van der Waals surface area contributed by atoms with Crippen LogP contribution in [0.1, 0.15) is 34.8 Å². The molecular weight excluding hydrogens is 344 g/mol. The van der Waals surface area contributed by atoms with E-state index in [2.05, 4.69) is 5.32 Å². The lowest BCUT2D eigenvalue weighted by Crippen LogP contribution is -2.34. The highest BCUT2D eigenvalue weighted by atomic mass is 16.5. The van der Waals surface area contributed by atoms with Crippen LogP contribution in [0.25, 0.3) is 0 Å². The highest BCUT2D eigenvalue weighted by Crippen LogP contribution is 2.23. The van der Waals surface area contributed by atoms with Gasteiger partial charge in [0.05, 0.1) is 5.56 Å². The second-order valence-corrected chi connectivity index (χ2v) is 6.39. The SMILES string of the molecule is CCN(Cc1ccccc1)C(=O)COC(=O)c1ccc2c(c1)CCC(=O)N2. The number of nitrogens with one attached hydrogen (secondary N) is 1. The van der Waals surface area contributed by atoms with Gasteiger partial charge in [-0.05, 0) is 42.7 Å². The van der Waals surface area contributed by atoms with Crippen LogP contribution in [0.4, 0.5) is 5.69 Å². The molecule has 0 saturated heterocycles. The topological polar surface area (TPSA) is 75.7 Å². The normalized spacial score (nSPS) is 12.7. The van der Waals surface area contributed by atoms with E-state index < -0.39 is 5.97 Å². The number of amides is 2. The fourth-order valence-electron chi connectivity index (χ4n) is 2.99. The van der Waals surface area contributed by atoms with E-state index in [9.17, 15) is 14.4 Å². The number of ether oxygens (including phenoxy) is 1. The number of anilines is 1. The van der Waals surface area contributed by atoms with Crippen LogP contribution in [-0.2, 0) is 27.3 Å². The number of rotatable bonds is 6. The van der Waals surface area contributed by atoms with Crippen LogP contribution < -0.4 is 5.32 Å². The van der Waals surface area contributed by atoms with E-state index in [1.165, 1.54) is 0 Å². The van der Waals surface area contributed by atoms with Gasteiger partial charge >= 0.3 is 5.97 Å². The molecule has 27 heavy (non-hydrogen) atoms. The summed E-state index contributed by atoms with van der Waals surface area (Å²) in [5.74, 6) is -0.805. The summed E-state index contributed by atoms with van der Waals surface area (Å²) in [7, 11) is 0. The molecule has 2 aromatic carbocycles. The number of hydrogen-bond acceptors (Lipinski definition) is 4. The van der Waals surface area contributed by atoms with E-state index in [-0.39, 0.29) is 18.4 Å². The first-order valence-electron chi connectivity index (χ1n) is 8.98. The first-order valence-corrected chi connectivity index (χ1v) is 8.98. The molecule has 6 nitrogen and oxygen atoms in total. The molecule has 3 rings (SSSR count). The van der Waals surface area contributed by atoms with Gasteiger partial charge in [-0.2, -0.15) is 0 Å². The highest BCUT2D eigenvalue weighted by Gasteiger charge is 2.19. The Hall–Kier alpha value is -3.15. The summed E-state index contributed by atoms with van der Waals surface area (Å²) in [5, 5.41) is 2.77. The van der Waals surface area contributed by atoms with Crippen LogP contribution >= 0.6 is 0 Å². The number of aryl methyl sites for hydroxylation is 1. The summed E-state index contributed by atoms with van der Waals surface area (Å²) in [5.41, 5.74) is 3.02. The van der Waals surface area contributed by atoms with Crippen LogP contribution in [-0.4, -0.2) is 35.8 Å². The summed E-state index contributed by atoms with van der Waals surface area (Å²) in [4.78, 5) is 37.7. The zero-order valence-electron chi connectivity index (χ0n) is 15.2. The molecule has 0 fully saturated rings. The summed E-state index contributed by atoms with van der Waals surface area (Å²) in [6, 6.07) is 14.7. The van der Waals surface area contributed by atoms with Crippen molar-refractivity contribution in [2.75, 3.05) is 18.5 Å². The molecule has 1 aliphatic heterocycles. The van der Waals surface area contributed by atoms with Crippen molar-refractivity contribution in [3.63, 3.8) is 0 Å². The molecule has 0 saturated carbocycles. The third-order valence-corrected chi connectivity index (χ3v) is 4.51. The lowest BCUT2D eigenvalue weighted by Gasteiger charge is -2.21. The van der Waals surface area contributed by atoms with Crippen LogP contribution in [0.2, 0.25) is 0 Å². The number of nitrogens with zero attached hydrogens (tertiary/aromatic N) is 1. The van der Waals surface area contributed by atoms with Crippen LogP contribution in [0.3, 0.4) is 0 Å². The van der Waals surface area contributed by atoms with Gasteiger partial charge in [0.15, 0.2) is 6.61 Å². The van der Waals surface area contributed by atoms with Crippen molar-refractivity contribution in [3.8, 4) is 0 Å². The van der Waals surface area contributed by atoms with Gasteiger partial charge in [0, 0.05) is 25.2 Å². The fourth-order valence-corrected chi connectivity index (χ4v) is 2.99. The lowest BCUT2D eigenvalue weighted by atomic mass is 10.0. The first-order chi connectivity index (χ1) is 13.1. The molecule has 6 heteroatoms. The zero-order chi connectivity index (χ0) is 19.2. The Morgan fingerprint density at radius 1 is 1.11 bits per heavy atom. The third kappa shape index (κ3) is 4.73. The van der Waals surface area contributed by atoms with Gasteiger partial charge in [-0.15, -0.1) is 0 Å². The smallest absolute Gasteiger partial charge is 0.338 e. The van der Waals surface area contributed by atoms with Crippen LogP contribution in [0.5, 0.6) is 0 Å². The Labute approximate surface area is 158 Å². The minimum absolute atomic E-state index is 0.0264. The minimum Gasteiger partial charge on any atom is -0.452 e. The molecule has 2 aromatic rings. The van der Waals surface area contributed by atoms with Crippen molar-refractivity contribution in [1.82, 2.24) is 4.90 Å². The first kappa shape index (κ1) is 18.6. The lowest BCUT2D eigenvalue weighted by molar-refractivity contribution is -0.135. The van der Waals surface area contributed by atoms with E-state index in [1.54, 1.807) is 23.1 Å². The van der Waals surface area contributed by atoms with Gasteiger partial charge in [0.2, 0.25) is 5.91 Å². The van der Waals surface area contributed by atoms with Crippen molar-refractivity contribution in [1.29, 1.82) is 0 Å². The van der Waals surface area contributed by atoms with Gasteiger partial charge in [-0.25, -0.2) is 4.79 Å². The number of esters is 1. The molecule has 0 bridgehead atoms. The van der Waals surface area contributed by atoms with Gasteiger partial charge in [-0.1, -0.05) is 30.3 Å². The molecule has 0 atom stereocenters. The summed E-state index contributed by atoms with van der Waals surface area (Å²) in [6.45, 7) is 2.60. The number of likely N-dealkylation sites (N-methyl/N-ethyl adjacent to an activating group) is 1. The summed E-state index contributed by atoms with van der Waals surface area (Å²) in [6.07, 6.45) is 0.983. The number of hydrogen-bond donors (Lipinski definition) is 1. The van der Waals surface area contributed by atoms with Crippen molar-refractivity contribution in [2.24, 2.45) is 0 Å². The second kappa shape index (κ2) is 8.49. The van der Waals surface area contributed by atoms with E-state index in [0.717, 1.165) is 16.8 Å².